The number of rotatable bonds is 0. The summed E-state index contributed by atoms with van der Waals surface area (Å²) in [5.74, 6) is 1.32. The zero-order chi connectivity index (χ0) is 5.28. The van der Waals surface area contributed by atoms with Gasteiger partial charge in [-0.2, -0.15) is 0 Å². The number of thioether (sulfide) groups is 1. The normalized spacial score (nSPS) is 34.3. The first-order chi connectivity index (χ1) is 3.30. The Morgan fingerprint density at radius 3 is 2.57 bits per heavy atom. The summed E-state index contributed by atoms with van der Waals surface area (Å²) in [6, 6.07) is 0. The van der Waals surface area contributed by atoms with Gasteiger partial charge in [0.2, 0.25) is 0 Å². The summed E-state index contributed by atoms with van der Waals surface area (Å²) in [5, 5.41) is 0.764. The molecule has 2 heteroatoms. The second-order valence-corrected chi connectivity index (χ2v) is 3.37. The van der Waals surface area contributed by atoms with E-state index in [1.54, 1.807) is 0 Å². The van der Waals surface area contributed by atoms with Crippen molar-refractivity contribution >= 4 is 11.8 Å². The van der Waals surface area contributed by atoms with Crippen molar-refractivity contribution < 1.29 is 0 Å². The predicted octanol–water partition coefficient (Wildman–Crippen LogP) is 1.01. The minimum absolute atomic E-state index is 0.764. The third-order valence-corrected chi connectivity index (χ3v) is 2.68. The lowest BCUT2D eigenvalue weighted by atomic mass is 10.6. The molecule has 0 aliphatic carbocycles. The molecular formula is C5H11NS. The SMILES string of the molecule is C[C@@H]1SCCN1C. The second kappa shape index (κ2) is 2.05. The monoisotopic (exact) mass is 117 g/mol. The molecule has 1 heterocycles. The third-order valence-electron chi connectivity index (χ3n) is 1.42. The largest absolute Gasteiger partial charge is 0.294 e. The van der Waals surface area contributed by atoms with Gasteiger partial charge >= 0.3 is 0 Å². The maximum Gasteiger partial charge on any atom is 0.0526 e. The fourth-order valence-corrected chi connectivity index (χ4v) is 1.77. The van der Waals surface area contributed by atoms with Gasteiger partial charge in [0.25, 0.3) is 0 Å². The fraction of sp³-hybridized carbons (Fsp3) is 1.00. The van der Waals surface area contributed by atoms with Gasteiger partial charge in [0.1, 0.15) is 0 Å². The van der Waals surface area contributed by atoms with Crippen molar-refractivity contribution in [3.05, 3.63) is 0 Å². The van der Waals surface area contributed by atoms with Crippen LogP contribution in [-0.2, 0) is 0 Å². The first-order valence-electron chi connectivity index (χ1n) is 2.62. The van der Waals surface area contributed by atoms with Gasteiger partial charge in [0.05, 0.1) is 5.37 Å². The molecule has 1 saturated heterocycles. The van der Waals surface area contributed by atoms with Gasteiger partial charge in [-0.15, -0.1) is 11.8 Å². The van der Waals surface area contributed by atoms with Crippen LogP contribution in [0.25, 0.3) is 0 Å². The predicted molar refractivity (Wildman–Crippen MR) is 34.5 cm³/mol. The summed E-state index contributed by atoms with van der Waals surface area (Å²) in [5.41, 5.74) is 0. The van der Waals surface area contributed by atoms with Crippen LogP contribution in [0.15, 0.2) is 0 Å². The lowest BCUT2D eigenvalue weighted by molar-refractivity contribution is 0.368. The van der Waals surface area contributed by atoms with Gasteiger partial charge < -0.3 is 0 Å². The van der Waals surface area contributed by atoms with Crippen molar-refractivity contribution in [3.8, 4) is 0 Å². The van der Waals surface area contributed by atoms with E-state index >= 15 is 0 Å². The lowest BCUT2D eigenvalue weighted by Gasteiger charge is -2.10. The van der Waals surface area contributed by atoms with Crippen LogP contribution in [-0.4, -0.2) is 29.6 Å². The van der Waals surface area contributed by atoms with Crippen molar-refractivity contribution in [2.24, 2.45) is 0 Å². The van der Waals surface area contributed by atoms with Gasteiger partial charge in [-0.05, 0) is 14.0 Å². The minimum Gasteiger partial charge on any atom is -0.294 e. The molecule has 0 bridgehead atoms. The Morgan fingerprint density at radius 2 is 2.43 bits per heavy atom. The molecule has 0 spiro atoms. The first-order valence-corrected chi connectivity index (χ1v) is 3.67. The van der Waals surface area contributed by atoms with Gasteiger partial charge in [-0.3, -0.25) is 4.90 Å². The lowest BCUT2D eigenvalue weighted by Crippen LogP contribution is -2.19. The average Bonchev–Trinajstić information content (AvgIpc) is 1.91. The topological polar surface area (TPSA) is 3.24 Å². The quantitative estimate of drug-likeness (QED) is 0.466. The van der Waals surface area contributed by atoms with Gasteiger partial charge in [0, 0.05) is 12.3 Å². The molecule has 0 saturated carbocycles. The summed E-state index contributed by atoms with van der Waals surface area (Å²) in [7, 11) is 2.17. The Hall–Kier alpha value is 0.310. The molecule has 1 aliphatic heterocycles. The number of nitrogens with zero attached hydrogens (tertiary/aromatic N) is 1. The van der Waals surface area contributed by atoms with Crippen LogP contribution in [0.4, 0.5) is 0 Å². The first kappa shape index (κ1) is 5.45. The van der Waals surface area contributed by atoms with Crippen LogP contribution in [0.5, 0.6) is 0 Å². The van der Waals surface area contributed by atoms with Crippen LogP contribution >= 0.6 is 11.8 Å². The molecule has 0 unspecified atom stereocenters. The Bertz CT molecular complexity index is 57.1. The van der Waals surface area contributed by atoms with Gasteiger partial charge in [-0.1, -0.05) is 0 Å². The average molecular weight is 117 g/mol. The summed E-state index contributed by atoms with van der Waals surface area (Å²) < 4.78 is 0. The Kier molecular flexibility index (Phi) is 1.60. The van der Waals surface area contributed by atoms with Crippen LogP contribution in [0.3, 0.4) is 0 Å². The molecule has 7 heavy (non-hydrogen) atoms. The highest BCUT2D eigenvalue weighted by molar-refractivity contribution is 8.00. The highest BCUT2D eigenvalue weighted by atomic mass is 32.2. The van der Waals surface area contributed by atoms with Crippen molar-refractivity contribution in [2.45, 2.75) is 12.3 Å². The fourth-order valence-electron chi connectivity index (χ4n) is 0.676. The minimum atomic E-state index is 0.764. The zero-order valence-electron chi connectivity index (χ0n) is 4.85. The molecule has 1 rings (SSSR count). The van der Waals surface area contributed by atoms with Crippen molar-refractivity contribution in [1.29, 1.82) is 0 Å². The van der Waals surface area contributed by atoms with E-state index < -0.39 is 0 Å². The van der Waals surface area contributed by atoms with Crippen molar-refractivity contribution in [1.82, 2.24) is 4.90 Å². The van der Waals surface area contributed by atoms with Gasteiger partial charge in [-0.25, -0.2) is 0 Å². The summed E-state index contributed by atoms with van der Waals surface area (Å²) in [6.45, 7) is 3.52. The summed E-state index contributed by atoms with van der Waals surface area (Å²) >= 11 is 2.03. The Labute approximate surface area is 49.1 Å². The van der Waals surface area contributed by atoms with E-state index in [2.05, 4.69) is 18.9 Å². The molecule has 0 radical (unpaired) electrons. The summed E-state index contributed by atoms with van der Waals surface area (Å²) in [4.78, 5) is 2.37. The standard InChI is InChI=1S/C5H11NS/c1-5-6(2)3-4-7-5/h5H,3-4H2,1-2H3/t5-/m0/s1. The van der Waals surface area contributed by atoms with E-state index in [4.69, 9.17) is 0 Å². The van der Waals surface area contributed by atoms with Crippen molar-refractivity contribution in [2.75, 3.05) is 19.3 Å². The summed E-state index contributed by atoms with van der Waals surface area (Å²) in [6.07, 6.45) is 0. The third kappa shape index (κ3) is 1.10. The van der Waals surface area contributed by atoms with E-state index in [1.807, 2.05) is 11.8 Å². The molecule has 0 aromatic rings. The van der Waals surface area contributed by atoms with Crippen molar-refractivity contribution in [3.63, 3.8) is 0 Å². The highest BCUT2D eigenvalue weighted by Gasteiger charge is 2.14. The van der Waals surface area contributed by atoms with Crippen LogP contribution in [0.1, 0.15) is 6.92 Å². The molecule has 1 fully saturated rings. The molecule has 0 amide bonds. The van der Waals surface area contributed by atoms with E-state index in [9.17, 15) is 0 Å². The van der Waals surface area contributed by atoms with Crippen LogP contribution in [0, 0.1) is 0 Å². The molecule has 1 nitrogen and oxygen atoms in total. The molecular weight excluding hydrogens is 106 g/mol. The van der Waals surface area contributed by atoms with E-state index in [0.717, 1.165) is 5.37 Å². The van der Waals surface area contributed by atoms with Crippen LogP contribution < -0.4 is 0 Å². The second-order valence-electron chi connectivity index (χ2n) is 1.95. The van der Waals surface area contributed by atoms with E-state index in [0.29, 0.717) is 0 Å². The van der Waals surface area contributed by atoms with E-state index in [-0.39, 0.29) is 0 Å². The molecule has 0 aromatic heterocycles. The molecule has 1 atom stereocenters. The highest BCUT2D eigenvalue weighted by Crippen LogP contribution is 2.19. The smallest absolute Gasteiger partial charge is 0.0526 e. The maximum atomic E-state index is 2.37. The molecule has 42 valence electrons. The van der Waals surface area contributed by atoms with Crippen LogP contribution in [0.2, 0.25) is 0 Å². The Balaban J connectivity index is 2.33. The molecule has 0 N–H and O–H groups in total. The number of hydrogen-bond acceptors (Lipinski definition) is 2. The maximum absolute atomic E-state index is 2.37. The number of hydrogen-bond donors (Lipinski definition) is 0. The van der Waals surface area contributed by atoms with Gasteiger partial charge in [0.15, 0.2) is 0 Å². The molecule has 0 aromatic carbocycles. The zero-order valence-corrected chi connectivity index (χ0v) is 5.66. The molecule has 1 aliphatic rings. The van der Waals surface area contributed by atoms with E-state index in [1.165, 1.54) is 12.3 Å². The Morgan fingerprint density at radius 1 is 1.71 bits per heavy atom.